The molecule has 2 heteroatoms. The summed E-state index contributed by atoms with van der Waals surface area (Å²) in [6.45, 7) is 4.09. The van der Waals surface area contributed by atoms with Crippen LogP contribution in [0, 0.1) is 13.8 Å². The summed E-state index contributed by atoms with van der Waals surface area (Å²) in [4.78, 5) is 0. The molecule has 94 valence electrons. The molecule has 0 spiro atoms. The first-order valence-corrected chi connectivity index (χ1v) is 6.51. The Kier molecular flexibility index (Phi) is 4.05. The lowest BCUT2D eigenvalue weighted by Crippen LogP contribution is -2.13. The maximum atomic E-state index is 6.24. The normalized spacial score (nSPS) is 12.4. The lowest BCUT2D eigenvalue weighted by Gasteiger charge is -2.13. The molecule has 0 heterocycles. The van der Waals surface area contributed by atoms with Gasteiger partial charge in [-0.2, -0.15) is 0 Å². The van der Waals surface area contributed by atoms with Crippen molar-refractivity contribution in [3.05, 3.63) is 69.7 Å². The van der Waals surface area contributed by atoms with E-state index in [1.165, 1.54) is 11.1 Å². The maximum Gasteiger partial charge on any atom is 0.0438 e. The van der Waals surface area contributed by atoms with Gasteiger partial charge in [0.1, 0.15) is 0 Å². The summed E-state index contributed by atoms with van der Waals surface area (Å²) in [7, 11) is 0. The maximum absolute atomic E-state index is 6.24. The van der Waals surface area contributed by atoms with Crippen LogP contribution in [-0.4, -0.2) is 0 Å². The van der Waals surface area contributed by atoms with Gasteiger partial charge in [0.05, 0.1) is 0 Å². The minimum Gasteiger partial charge on any atom is -0.324 e. The molecular formula is C16H18ClN. The van der Waals surface area contributed by atoms with Gasteiger partial charge in [0.2, 0.25) is 0 Å². The van der Waals surface area contributed by atoms with Gasteiger partial charge in [-0.05, 0) is 43.0 Å². The van der Waals surface area contributed by atoms with Gasteiger partial charge < -0.3 is 5.73 Å². The number of rotatable bonds is 3. The van der Waals surface area contributed by atoms with Crippen LogP contribution in [0.5, 0.6) is 0 Å². The third-order valence-corrected chi connectivity index (χ3v) is 3.57. The molecule has 0 aromatic heterocycles. The predicted molar refractivity (Wildman–Crippen MR) is 78.0 cm³/mol. The Hall–Kier alpha value is -1.31. The highest BCUT2D eigenvalue weighted by Gasteiger charge is 2.08. The molecule has 0 aliphatic carbocycles. The Balaban J connectivity index is 2.16. The van der Waals surface area contributed by atoms with Crippen LogP contribution in [0.1, 0.15) is 28.3 Å². The Morgan fingerprint density at radius 1 is 1.11 bits per heavy atom. The average Bonchev–Trinajstić information content (AvgIpc) is 2.32. The molecule has 1 nitrogen and oxygen atoms in total. The van der Waals surface area contributed by atoms with E-state index in [-0.39, 0.29) is 6.04 Å². The molecule has 1 unspecified atom stereocenters. The summed E-state index contributed by atoms with van der Waals surface area (Å²) in [5.74, 6) is 0. The van der Waals surface area contributed by atoms with Crippen molar-refractivity contribution in [1.29, 1.82) is 0 Å². The molecule has 0 saturated heterocycles. The van der Waals surface area contributed by atoms with Crippen LogP contribution in [0.2, 0.25) is 5.02 Å². The molecule has 0 aliphatic rings. The van der Waals surface area contributed by atoms with Crippen LogP contribution in [-0.2, 0) is 6.42 Å². The number of halogens is 1. The zero-order chi connectivity index (χ0) is 13.1. The van der Waals surface area contributed by atoms with E-state index < -0.39 is 0 Å². The van der Waals surface area contributed by atoms with E-state index in [0.717, 1.165) is 22.6 Å². The summed E-state index contributed by atoms with van der Waals surface area (Å²) in [6, 6.07) is 14.5. The highest BCUT2D eigenvalue weighted by atomic mass is 35.5. The second kappa shape index (κ2) is 5.55. The van der Waals surface area contributed by atoms with E-state index in [4.69, 9.17) is 17.3 Å². The molecule has 2 N–H and O–H groups in total. The van der Waals surface area contributed by atoms with Gasteiger partial charge >= 0.3 is 0 Å². The lowest BCUT2D eigenvalue weighted by molar-refractivity contribution is 0.721. The predicted octanol–water partition coefficient (Wildman–Crippen LogP) is 4.20. The lowest BCUT2D eigenvalue weighted by atomic mass is 9.98. The first-order valence-electron chi connectivity index (χ1n) is 6.13. The second-order valence-electron chi connectivity index (χ2n) is 4.81. The van der Waals surface area contributed by atoms with Crippen molar-refractivity contribution < 1.29 is 0 Å². The molecule has 2 aromatic carbocycles. The molecule has 0 amide bonds. The van der Waals surface area contributed by atoms with Crippen molar-refractivity contribution in [3.63, 3.8) is 0 Å². The fraction of sp³-hybridized carbons (Fsp3) is 0.250. The molecule has 0 radical (unpaired) electrons. The zero-order valence-electron chi connectivity index (χ0n) is 10.8. The summed E-state index contributed by atoms with van der Waals surface area (Å²) in [5.41, 5.74) is 10.9. The minimum absolute atomic E-state index is 0.00935. The molecule has 0 bridgehead atoms. The van der Waals surface area contributed by atoms with E-state index >= 15 is 0 Å². The van der Waals surface area contributed by atoms with E-state index in [1.54, 1.807) is 0 Å². The van der Waals surface area contributed by atoms with Crippen molar-refractivity contribution in [2.75, 3.05) is 0 Å². The summed E-state index contributed by atoms with van der Waals surface area (Å²) >= 11 is 6.13. The van der Waals surface area contributed by atoms with Gasteiger partial charge in [-0.3, -0.25) is 0 Å². The van der Waals surface area contributed by atoms with Crippen LogP contribution in [0.3, 0.4) is 0 Å². The van der Waals surface area contributed by atoms with Crippen molar-refractivity contribution in [2.24, 2.45) is 5.73 Å². The molecular weight excluding hydrogens is 242 g/mol. The third-order valence-electron chi connectivity index (χ3n) is 3.16. The van der Waals surface area contributed by atoms with Gasteiger partial charge in [0.25, 0.3) is 0 Å². The smallest absolute Gasteiger partial charge is 0.0438 e. The minimum atomic E-state index is -0.00935. The number of nitrogens with two attached hydrogens (primary N) is 1. The summed E-state index contributed by atoms with van der Waals surface area (Å²) in [5, 5.41) is 0.784. The number of benzene rings is 2. The molecule has 2 aromatic rings. The Morgan fingerprint density at radius 3 is 2.56 bits per heavy atom. The van der Waals surface area contributed by atoms with Gasteiger partial charge in [-0.15, -0.1) is 0 Å². The quantitative estimate of drug-likeness (QED) is 0.878. The largest absolute Gasteiger partial charge is 0.324 e. The SMILES string of the molecule is Cc1cccc(CC(N)c2ccc(C)c(Cl)c2)c1. The van der Waals surface area contributed by atoms with Crippen molar-refractivity contribution in [2.45, 2.75) is 26.3 Å². The fourth-order valence-corrected chi connectivity index (χ4v) is 2.24. The first kappa shape index (κ1) is 13.1. The standard InChI is InChI=1S/C16H18ClN/c1-11-4-3-5-13(8-11)9-16(18)14-7-6-12(2)15(17)10-14/h3-8,10,16H,9,18H2,1-2H3. The molecule has 0 saturated carbocycles. The van der Waals surface area contributed by atoms with Gasteiger partial charge in [0, 0.05) is 11.1 Å². The van der Waals surface area contributed by atoms with E-state index in [1.807, 2.05) is 19.1 Å². The molecule has 0 fully saturated rings. The van der Waals surface area contributed by atoms with Gasteiger partial charge in [0.15, 0.2) is 0 Å². The molecule has 0 aliphatic heterocycles. The van der Waals surface area contributed by atoms with E-state index in [0.29, 0.717) is 0 Å². The van der Waals surface area contributed by atoms with Crippen molar-refractivity contribution >= 4 is 11.6 Å². The Bertz CT molecular complexity index is 549. The second-order valence-corrected chi connectivity index (χ2v) is 5.22. The van der Waals surface area contributed by atoms with Crippen molar-refractivity contribution in [1.82, 2.24) is 0 Å². The topological polar surface area (TPSA) is 26.0 Å². The fourth-order valence-electron chi connectivity index (χ4n) is 2.05. The Labute approximate surface area is 114 Å². The van der Waals surface area contributed by atoms with Crippen LogP contribution in [0.25, 0.3) is 0 Å². The van der Waals surface area contributed by atoms with Crippen LogP contribution in [0.15, 0.2) is 42.5 Å². The van der Waals surface area contributed by atoms with Crippen LogP contribution < -0.4 is 5.73 Å². The Morgan fingerprint density at radius 2 is 1.89 bits per heavy atom. The highest BCUT2D eigenvalue weighted by Crippen LogP contribution is 2.22. The molecule has 18 heavy (non-hydrogen) atoms. The summed E-state index contributed by atoms with van der Waals surface area (Å²) < 4.78 is 0. The average molecular weight is 260 g/mol. The van der Waals surface area contributed by atoms with Gasteiger partial charge in [-0.25, -0.2) is 0 Å². The van der Waals surface area contributed by atoms with E-state index in [9.17, 15) is 0 Å². The molecule has 1 atom stereocenters. The third kappa shape index (κ3) is 3.12. The van der Waals surface area contributed by atoms with Crippen LogP contribution >= 0.6 is 11.6 Å². The first-order chi connectivity index (χ1) is 8.56. The van der Waals surface area contributed by atoms with Crippen molar-refractivity contribution in [3.8, 4) is 0 Å². The number of hydrogen-bond donors (Lipinski definition) is 1. The van der Waals surface area contributed by atoms with Gasteiger partial charge in [-0.1, -0.05) is 53.6 Å². The monoisotopic (exact) mass is 259 g/mol. The number of hydrogen-bond acceptors (Lipinski definition) is 1. The van der Waals surface area contributed by atoms with E-state index in [2.05, 4.69) is 37.3 Å². The summed E-state index contributed by atoms with van der Waals surface area (Å²) in [6.07, 6.45) is 0.834. The molecule has 2 rings (SSSR count). The highest BCUT2D eigenvalue weighted by molar-refractivity contribution is 6.31. The van der Waals surface area contributed by atoms with Crippen LogP contribution in [0.4, 0.5) is 0 Å². The number of aryl methyl sites for hydroxylation is 2. The zero-order valence-corrected chi connectivity index (χ0v) is 11.5.